The van der Waals surface area contributed by atoms with Gasteiger partial charge in [0.2, 0.25) is 0 Å². The molecule has 4 rings (SSSR count). The van der Waals surface area contributed by atoms with Crippen LogP contribution in [0.3, 0.4) is 0 Å². The van der Waals surface area contributed by atoms with Crippen LogP contribution < -0.4 is 11.1 Å². The molecule has 132 valence electrons. The number of nitrogens with one attached hydrogen (secondary N) is 1. The van der Waals surface area contributed by atoms with E-state index in [0.717, 1.165) is 35.7 Å². The number of fused-ring (bicyclic) bond motifs is 3. The van der Waals surface area contributed by atoms with Gasteiger partial charge in [-0.2, -0.15) is 13.2 Å². The van der Waals surface area contributed by atoms with Crippen LogP contribution in [0.25, 0.3) is 0 Å². The molecule has 3 N–H and O–H groups in total. The van der Waals surface area contributed by atoms with E-state index < -0.39 is 11.7 Å². The molecule has 4 atom stereocenters. The molecular formula is C20H21F3N2. The van der Waals surface area contributed by atoms with Crippen molar-refractivity contribution in [1.82, 2.24) is 0 Å². The lowest BCUT2D eigenvalue weighted by Crippen LogP contribution is -2.44. The molecule has 2 aromatic carbocycles. The van der Waals surface area contributed by atoms with Crippen LogP contribution in [-0.2, 0) is 11.7 Å². The molecule has 5 heteroatoms. The third kappa shape index (κ3) is 2.61. The Morgan fingerprint density at radius 1 is 1.08 bits per heavy atom. The predicted molar refractivity (Wildman–Crippen MR) is 92.3 cm³/mol. The lowest BCUT2D eigenvalue weighted by molar-refractivity contribution is -0.137. The second-order valence-electron chi connectivity index (χ2n) is 7.44. The van der Waals surface area contributed by atoms with Crippen LogP contribution in [0.2, 0.25) is 0 Å². The Labute approximate surface area is 145 Å². The molecule has 0 bridgehead atoms. The number of alkyl halides is 3. The summed E-state index contributed by atoms with van der Waals surface area (Å²) in [6.45, 7) is 2.14. The van der Waals surface area contributed by atoms with Crippen molar-refractivity contribution >= 4 is 5.69 Å². The number of rotatable bonds is 1. The SMILES string of the molecule is C[C@]1(c2ccccc2)Nc2ccc(C(F)(F)F)cc2[C@H]2C[C@H](N)C[C@H]21. The van der Waals surface area contributed by atoms with Crippen LogP contribution >= 0.6 is 0 Å². The Bertz CT molecular complexity index is 787. The molecule has 0 unspecified atom stereocenters. The van der Waals surface area contributed by atoms with E-state index in [1.165, 1.54) is 6.07 Å². The van der Waals surface area contributed by atoms with E-state index in [2.05, 4.69) is 24.4 Å². The Hall–Kier alpha value is -2.01. The first-order valence-corrected chi connectivity index (χ1v) is 8.59. The van der Waals surface area contributed by atoms with Gasteiger partial charge in [0.05, 0.1) is 11.1 Å². The summed E-state index contributed by atoms with van der Waals surface area (Å²) in [5.74, 6) is 0.208. The minimum atomic E-state index is -4.33. The van der Waals surface area contributed by atoms with E-state index in [9.17, 15) is 13.2 Å². The minimum absolute atomic E-state index is 0.0142. The predicted octanol–water partition coefficient (Wildman–Crippen LogP) is 4.87. The fraction of sp³-hybridized carbons (Fsp3) is 0.400. The summed E-state index contributed by atoms with van der Waals surface area (Å²) >= 11 is 0. The van der Waals surface area contributed by atoms with Crippen molar-refractivity contribution < 1.29 is 13.2 Å². The van der Waals surface area contributed by atoms with Crippen LogP contribution in [0, 0.1) is 5.92 Å². The van der Waals surface area contributed by atoms with E-state index in [1.54, 1.807) is 6.07 Å². The van der Waals surface area contributed by atoms with Crippen LogP contribution in [0.15, 0.2) is 48.5 Å². The minimum Gasteiger partial charge on any atom is -0.375 e. The average Bonchev–Trinajstić information content (AvgIpc) is 2.97. The Morgan fingerprint density at radius 2 is 1.80 bits per heavy atom. The van der Waals surface area contributed by atoms with Crippen LogP contribution in [0.1, 0.15) is 42.4 Å². The number of hydrogen-bond donors (Lipinski definition) is 2. The van der Waals surface area contributed by atoms with Gasteiger partial charge in [-0.3, -0.25) is 0 Å². The Kier molecular flexibility index (Phi) is 3.62. The van der Waals surface area contributed by atoms with Crippen molar-refractivity contribution in [2.24, 2.45) is 11.7 Å². The topological polar surface area (TPSA) is 38.0 Å². The highest BCUT2D eigenvalue weighted by Gasteiger charge is 2.50. The number of benzene rings is 2. The summed E-state index contributed by atoms with van der Waals surface area (Å²) in [4.78, 5) is 0. The van der Waals surface area contributed by atoms with Gasteiger partial charge in [0.25, 0.3) is 0 Å². The summed E-state index contributed by atoms with van der Waals surface area (Å²) in [6, 6.07) is 14.2. The molecule has 1 saturated carbocycles. The first-order chi connectivity index (χ1) is 11.8. The van der Waals surface area contributed by atoms with Gasteiger partial charge in [-0.05, 0) is 60.9 Å². The smallest absolute Gasteiger partial charge is 0.375 e. The molecule has 0 aromatic heterocycles. The zero-order chi connectivity index (χ0) is 17.8. The van der Waals surface area contributed by atoms with Crippen molar-refractivity contribution in [2.45, 2.75) is 43.4 Å². The fourth-order valence-electron chi connectivity index (χ4n) is 4.66. The van der Waals surface area contributed by atoms with Crippen molar-refractivity contribution in [1.29, 1.82) is 0 Å². The quantitative estimate of drug-likeness (QED) is 0.773. The molecule has 2 aliphatic rings. The zero-order valence-electron chi connectivity index (χ0n) is 14.0. The summed E-state index contributed by atoms with van der Waals surface area (Å²) < 4.78 is 39.5. The maximum atomic E-state index is 13.2. The van der Waals surface area contributed by atoms with E-state index in [0.29, 0.717) is 0 Å². The molecule has 1 aliphatic heterocycles. The summed E-state index contributed by atoms with van der Waals surface area (Å²) in [6.07, 6.45) is -2.80. The lowest BCUT2D eigenvalue weighted by atomic mass is 9.69. The molecule has 0 saturated heterocycles. The lowest BCUT2D eigenvalue weighted by Gasteiger charge is -2.46. The monoisotopic (exact) mass is 346 g/mol. The zero-order valence-corrected chi connectivity index (χ0v) is 14.0. The van der Waals surface area contributed by atoms with Crippen molar-refractivity contribution in [3.8, 4) is 0 Å². The first kappa shape index (κ1) is 16.5. The van der Waals surface area contributed by atoms with Crippen LogP contribution in [-0.4, -0.2) is 6.04 Å². The molecule has 25 heavy (non-hydrogen) atoms. The van der Waals surface area contributed by atoms with Gasteiger partial charge in [-0.25, -0.2) is 0 Å². The molecule has 0 amide bonds. The standard InChI is InChI=1S/C20H21F3N2/c1-19(12-5-3-2-4-6-12)17-11-14(24)10-15(17)16-9-13(20(21,22)23)7-8-18(16)25-19/h2-9,14-15,17,25H,10-11,24H2,1H3/t14-,15+,17+,19+/m0/s1. The molecule has 0 spiro atoms. The number of halogens is 3. The first-order valence-electron chi connectivity index (χ1n) is 8.59. The molecule has 0 radical (unpaired) electrons. The maximum Gasteiger partial charge on any atom is 0.416 e. The van der Waals surface area contributed by atoms with Gasteiger partial charge >= 0.3 is 6.18 Å². The highest BCUT2D eigenvalue weighted by molar-refractivity contribution is 5.61. The van der Waals surface area contributed by atoms with Crippen molar-refractivity contribution in [2.75, 3.05) is 5.32 Å². The molecule has 1 fully saturated rings. The van der Waals surface area contributed by atoms with Gasteiger partial charge in [0, 0.05) is 11.7 Å². The average molecular weight is 346 g/mol. The van der Waals surface area contributed by atoms with Gasteiger partial charge in [-0.1, -0.05) is 30.3 Å². The fourth-order valence-corrected chi connectivity index (χ4v) is 4.66. The van der Waals surface area contributed by atoms with Crippen LogP contribution in [0.5, 0.6) is 0 Å². The van der Waals surface area contributed by atoms with Crippen molar-refractivity contribution in [3.63, 3.8) is 0 Å². The van der Waals surface area contributed by atoms with Gasteiger partial charge in [0.1, 0.15) is 0 Å². The van der Waals surface area contributed by atoms with E-state index in [1.807, 2.05) is 18.2 Å². The Balaban J connectivity index is 1.84. The Morgan fingerprint density at radius 3 is 2.48 bits per heavy atom. The third-order valence-electron chi connectivity index (χ3n) is 5.89. The summed E-state index contributed by atoms with van der Waals surface area (Å²) in [7, 11) is 0. The second-order valence-corrected chi connectivity index (χ2v) is 7.44. The molecular weight excluding hydrogens is 325 g/mol. The normalized spacial score (nSPS) is 31.2. The van der Waals surface area contributed by atoms with Gasteiger partial charge in [0.15, 0.2) is 0 Å². The summed E-state index contributed by atoms with van der Waals surface area (Å²) in [5, 5.41) is 3.54. The highest BCUT2D eigenvalue weighted by Crippen LogP contribution is 2.55. The number of nitrogens with two attached hydrogens (primary N) is 1. The number of anilines is 1. The highest BCUT2D eigenvalue weighted by atomic mass is 19.4. The number of hydrogen-bond acceptors (Lipinski definition) is 2. The largest absolute Gasteiger partial charge is 0.416 e. The molecule has 2 nitrogen and oxygen atoms in total. The van der Waals surface area contributed by atoms with Crippen molar-refractivity contribution in [3.05, 3.63) is 65.2 Å². The molecule has 2 aromatic rings. The van der Waals surface area contributed by atoms with Gasteiger partial charge in [-0.15, -0.1) is 0 Å². The summed E-state index contributed by atoms with van der Waals surface area (Å²) in [5.41, 5.74) is 7.98. The third-order valence-corrected chi connectivity index (χ3v) is 5.89. The van der Waals surface area contributed by atoms with E-state index >= 15 is 0 Å². The van der Waals surface area contributed by atoms with E-state index in [4.69, 9.17) is 5.73 Å². The second kappa shape index (κ2) is 5.49. The van der Waals surface area contributed by atoms with Gasteiger partial charge < -0.3 is 11.1 Å². The molecule has 1 heterocycles. The van der Waals surface area contributed by atoms with E-state index in [-0.39, 0.29) is 23.4 Å². The van der Waals surface area contributed by atoms with Crippen LogP contribution in [0.4, 0.5) is 18.9 Å². The maximum absolute atomic E-state index is 13.2. The molecule has 1 aliphatic carbocycles.